The van der Waals surface area contributed by atoms with E-state index in [1.807, 2.05) is 50.2 Å². The molecule has 1 heterocycles. The van der Waals surface area contributed by atoms with Gasteiger partial charge in [-0.25, -0.2) is 4.98 Å². The lowest BCUT2D eigenvalue weighted by molar-refractivity contribution is 0.811. The molecule has 5 heteroatoms. The molecule has 0 aliphatic carbocycles. The van der Waals surface area contributed by atoms with Crippen LogP contribution in [0, 0.1) is 25.2 Å². The zero-order valence-corrected chi connectivity index (χ0v) is 14.6. The normalized spacial score (nSPS) is 12.1. The van der Waals surface area contributed by atoms with E-state index in [9.17, 15) is 4.79 Å². The van der Waals surface area contributed by atoms with E-state index in [0.29, 0.717) is 16.1 Å². The molecule has 0 saturated heterocycles. The number of para-hydroxylation sites is 1. The molecule has 120 valence electrons. The first kappa shape index (κ1) is 16.3. The van der Waals surface area contributed by atoms with Crippen molar-refractivity contribution in [1.82, 2.24) is 9.55 Å². The highest BCUT2D eigenvalue weighted by Crippen LogP contribution is 2.26. The van der Waals surface area contributed by atoms with Crippen LogP contribution in [-0.4, -0.2) is 14.8 Å². The standard InChI is InChI=1S/C19H17N3OS/c1-12-7-6-10-17(14(12)3)22-18(23)15-8-4-5-9-16(15)21-19(22)24-13(2)11-20/h4-10,13H,1-3H3/t13-/m1/s1. The van der Waals surface area contributed by atoms with Crippen molar-refractivity contribution < 1.29 is 0 Å². The molecule has 2 aromatic carbocycles. The van der Waals surface area contributed by atoms with Gasteiger partial charge in [0.25, 0.3) is 5.56 Å². The predicted octanol–water partition coefficient (Wildman–Crippen LogP) is 4.01. The minimum Gasteiger partial charge on any atom is -0.268 e. The maximum atomic E-state index is 13.1. The van der Waals surface area contributed by atoms with Gasteiger partial charge in [-0.2, -0.15) is 5.26 Å². The minimum atomic E-state index is -0.297. The summed E-state index contributed by atoms with van der Waals surface area (Å²) >= 11 is 1.30. The molecule has 0 N–H and O–H groups in total. The van der Waals surface area contributed by atoms with Crippen molar-refractivity contribution in [3.8, 4) is 11.8 Å². The number of hydrogen-bond acceptors (Lipinski definition) is 4. The van der Waals surface area contributed by atoms with E-state index in [0.717, 1.165) is 16.8 Å². The SMILES string of the molecule is Cc1cccc(-n2c(S[C@H](C)C#N)nc3ccccc3c2=O)c1C. The summed E-state index contributed by atoms with van der Waals surface area (Å²) in [5.74, 6) is 0. The van der Waals surface area contributed by atoms with Crippen LogP contribution >= 0.6 is 11.8 Å². The van der Waals surface area contributed by atoms with Gasteiger partial charge in [0.1, 0.15) is 0 Å². The summed E-state index contributed by atoms with van der Waals surface area (Å²) in [7, 11) is 0. The lowest BCUT2D eigenvalue weighted by atomic mass is 10.1. The number of benzene rings is 2. The van der Waals surface area contributed by atoms with Crippen LogP contribution in [0.4, 0.5) is 0 Å². The molecule has 0 spiro atoms. The Hall–Kier alpha value is -2.58. The van der Waals surface area contributed by atoms with Crippen LogP contribution in [-0.2, 0) is 0 Å². The molecule has 0 radical (unpaired) electrons. The van der Waals surface area contributed by atoms with Crippen LogP contribution in [0.25, 0.3) is 16.6 Å². The molecular weight excluding hydrogens is 318 g/mol. The van der Waals surface area contributed by atoms with Crippen LogP contribution in [0.1, 0.15) is 18.1 Å². The summed E-state index contributed by atoms with van der Waals surface area (Å²) in [6.07, 6.45) is 0. The molecule has 4 nitrogen and oxygen atoms in total. The summed E-state index contributed by atoms with van der Waals surface area (Å²) < 4.78 is 1.63. The highest BCUT2D eigenvalue weighted by molar-refractivity contribution is 8.00. The monoisotopic (exact) mass is 335 g/mol. The summed E-state index contributed by atoms with van der Waals surface area (Å²) in [5, 5.41) is 9.98. The number of rotatable bonds is 3. The molecule has 0 amide bonds. The van der Waals surface area contributed by atoms with Gasteiger partial charge in [0.2, 0.25) is 0 Å². The lowest BCUT2D eigenvalue weighted by Gasteiger charge is -2.16. The first-order chi connectivity index (χ1) is 11.5. The van der Waals surface area contributed by atoms with Crippen molar-refractivity contribution in [2.45, 2.75) is 31.2 Å². The van der Waals surface area contributed by atoms with Crippen LogP contribution in [0.3, 0.4) is 0 Å². The van der Waals surface area contributed by atoms with Crippen molar-refractivity contribution >= 4 is 22.7 Å². The van der Waals surface area contributed by atoms with Gasteiger partial charge in [-0.1, -0.05) is 36.0 Å². The molecule has 1 atom stereocenters. The Morgan fingerprint density at radius 1 is 1.17 bits per heavy atom. The maximum absolute atomic E-state index is 13.1. The van der Waals surface area contributed by atoms with Gasteiger partial charge in [0, 0.05) is 0 Å². The first-order valence-electron chi connectivity index (χ1n) is 7.67. The second-order valence-corrected chi connectivity index (χ2v) is 6.97. The van der Waals surface area contributed by atoms with E-state index in [2.05, 4.69) is 11.1 Å². The van der Waals surface area contributed by atoms with Crippen LogP contribution < -0.4 is 5.56 Å². The van der Waals surface area contributed by atoms with Gasteiger partial charge in [-0.3, -0.25) is 9.36 Å². The Morgan fingerprint density at radius 3 is 2.67 bits per heavy atom. The molecule has 0 saturated carbocycles. The van der Waals surface area contributed by atoms with Gasteiger partial charge in [-0.15, -0.1) is 0 Å². The average molecular weight is 335 g/mol. The molecule has 3 rings (SSSR count). The summed E-state index contributed by atoms with van der Waals surface area (Å²) in [6, 6.07) is 15.4. The minimum absolute atomic E-state index is 0.109. The average Bonchev–Trinajstić information content (AvgIpc) is 2.58. The van der Waals surface area contributed by atoms with Gasteiger partial charge < -0.3 is 0 Å². The smallest absolute Gasteiger partial charge is 0.266 e. The number of nitriles is 1. The number of nitrogens with zero attached hydrogens (tertiary/aromatic N) is 3. The Morgan fingerprint density at radius 2 is 1.92 bits per heavy atom. The molecule has 0 aliphatic heterocycles. The first-order valence-corrected chi connectivity index (χ1v) is 8.55. The highest BCUT2D eigenvalue weighted by Gasteiger charge is 2.17. The third-order valence-electron chi connectivity index (χ3n) is 4.03. The number of aryl methyl sites for hydroxylation is 1. The van der Waals surface area contributed by atoms with Gasteiger partial charge in [0.15, 0.2) is 5.16 Å². The van der Waals surface area contributed by atoms with Crippen molar-refractivity contribution in [2.75, 3.05) is 0 Å². The lowest BCUT2D eigenvalue weighted by Crippen LogP contribution is -2.23. The topological polar surface area (TPSA) is 58.7 Å². The van der Waals surface area contributed by atoms with Crippen LogP contribution in [0.2, 0.25) is 0 Å². The second-order valence-electron chi connectivity index (χ2n) is 5.66. The third kappa shape index (κ3) is 2.81. The van der Waals surface area contributed by atoms with E-state index in [1.165, 1.54) is 11.8 Å². The van der Waals surface area contributed by atoms with E-state index in [-0.39, 0.29) is 10.8 Å². The number of aromatic nitrogens is 2. The Balaban J connectivity index is 2.38. The fraction of sp³-hybridized carbons (Fsp3) is 0.211. The van der Waals surface area contributed by atoms with E-state index in [4.69, 9.17) is 5.26 Å². The zero-order valence-electron chi connectivity index (χ0n) is 13.8. The molecule has 0 aliphatic rings. The fourth-order valence-electron chi connectivity index (χ4n) is 2.57. The number of thioether (sulfide) groups is 1. The van der Waals surface area contributed by atoms with Crippen molar-refractivity contribution in [3.63, 3.8) is 0 Å². The van der Waals surface area contributed by atoms with Crippen LogP contribution in [0.5, 0.6) is 0 Å². The third-order valence-corrected chi connectivity index (χ3v) is 4.97. The van der Waals surface area contributed by atoms with Gasteiger partial charge in [-0.05, 0) is 50.1 Å². The molecule has 24 heavy (non-hydrogen) atoms. The highest BCUT2D eigenvalue weighted by atomic mass is 32.2. The zero-order chi connectivity index (χ0) is 17.3. The van der Waals surface area contributed by atoms with Crippen molar-refractivity contribution in [1.29, 1.82) is 5.26 Å². The van der Waals surface area contributed by atoms with Crippen LogP contribution in [0.15, 0.2) is 52.4 Å². The fourth-order valence-corrected chi connectivity index (χ4v) is 3.37. The van der Waals surface area contributed by atoms with Gasteiger partial charge >= 0.3 is 0 Å². The Kier molecular flexibility index (Phi) is 4.41. The Bertz CT molecular complexity index is 1020. The molecular formula is C19H17N3OS. The molecule has 3 aromatic rings. The number of hydrogen-bond donors (Lipinski definition) is 0. The largest absolute Gasteiger partial charge is 0.268 e. The molecule has 0 bridgehead atoms. The Labute approximate surface area is 144 Å². The molecule has 0 fully saturated rings. The quantitative estimate of drug-likeness (QED) is 0.536. The van der Waals surface area contributed by atoms with Crippen molar-refractivity contribution in [3.05, 3.63) is 63.9 Å². The predicted molar refractivity (Wildman–Crippen MR) is 97.7 cm³/mol. The van der Waals surface area contributed by atoms with E-state index in [1.54, 1.807) is 17.6 Å². The van der Waals surface area contributed by atoms with Gasteiger partial charge in [0.05, 0.1) is 27.9 Å². The van der Waals surface area contributed by atoms with E-state index >= 15 is 0 Å². The summed E-state index contributed by atoms with van der Waals surface area (Å²) in [6.45, 7) is 5.82. The second kappa shape index (κ2) is 6.50. The van der Waals surface area contributed by atoms with E-state index < -0.39 is 0 Å². The summed E-state index contributed by atoms with van der Waals surface area (Å²) in [4.78, 5) is 17.8. The number of fused-ring (bicyclic) bond motifs is 1. The maximum Gasteiger partial charge on any atom is 0.266 e. The molecule has 1 aromatic heterocycles. The van der Waals surface area contributed by atoms with Crippen molar-refractivity contribution in [2.24, 2.45) is 0 Å². The molecule has 0 unspecified atom stereocenters. The summed E-state index contributed by atoms with van der Waals surface area (Å²) in [5.41, 5.74) is 3.49.